The van der Waals surface area contributed by atoms with Gasteiger partial charge in [-0.25, -0.2) is 0 Å². The van der Waals surface area contributed by atoms with Crippen LogP contribution in [-0.4, -0.2) is 74.8 Å². The molecule has 1 saturated heterocycles. The van der Waals surface area contributed by atoms with Crippen molar-refractivity contribution < 1.29 is 4.74 Å². The number of morpholine rings is 1. The number of thioether (sulfide) groups is 1. The van der Waals surface area contributed by atoms with Gasteiger partial charge in [-0.3, -0.25) is 9.89 Å². The van der Waals surface area contributed by atoms with Crippen molar-refractivity contribution in [2.24, 2.45) is 10.9 Å². The maximum Gasteiger partial charge on any atom is 0.191 e. The van der Waals surface area contributed by atoms with E-state index in [9.17, 15) is 0 Å². The molecule has 6 heteroatoms. The average Bonchev–Trinajstić information content (AvgIpc) is 2.55. The number of hydrogen-bond donors (Lipinski definition) is 2. The summed E-state index contributed by atoms with van der Waals surface area (Å²) in [5.74, 6) is 2.83. The smallest absolute Gasteiger partial charge is 0.191 e. The van der Waals surface area contributed by atoms with Crippen molar-refractivity contribution in [1.82, 2.24) is 15.5 Å². The summed E-state index contributed by atoms with van der Waals surface area (Å²) >= 11 is 1.89. The Bertz CT molecular complexity index is 320. The lowest BCUT2D eigenvalue weighted by molar-refractivity contribution is 0.0143. The van der Waals surface area contributed by atoms with Crippen LogP contribution < -0.4 is 10.6 Å². The number of nitrogens with one attached hydrogen (secondary N) is 2. The normalized spacial score (nSPS) is 18.2. The molecule has 0 spiro atoms. The quantitative estimate of drug-likeness (QED) is 0.361. The van der Waals surface area contributed by atoms with Crippen LogP contribution in [-0.2, 0) is 4.74 Å². The summed E-state index contributed by atoms with van der Waals surface area (Å²) in [7, 11) is 0. The van der Waals surface area contributed by atoms with Gasteiger partial charge >= 0.3 is 0 Å². The Kier molecular flexibility index (Phi) is 11.5. The number of ether oxygens (including phenoxy) is 1. The summed E-state index contributed by atoms with van der Waals surface area (Å²) in [5.41, 5.74) is 0. The third kappa shape index (κ3) is 9.42. The van der Waals surface area contributed by atoms with E-state index in [4.69, 9.17) is 9.73 Å². The van der Waals surface area contributed by atoms with Crippen LogP contribution in [0.1, 0.15) is 33.6 Å². The predicted octanol–water partition coefficient (Wildman–Crippen LogP) is 2.04. The Hall–Kier alpha value is -0.460. The highest BCUT2D eigenvalue weighted by atomic mass is 32.2. The molecule has 1 atom stereocenters. The van der Waals surface area contributed by atoms with Crippen molar-refractivity contribution >= 4 is 17.7 Å². The highest BCUT2D eigenvalue weighted by Gasteiger charge is 2.21. The molecule has 0 bridgehead atoms. The summed E-state index contributed by atoms with van der Waals surface area (Å²) < 4.78 is 5.49. The molecule has 136 valence electrons. The molecule has 0 saturated carbocycles. The largest absolute Gasteiger partial charge is 0.379 e. The number of aliphatic imine (C=N–C) groups is 1. The molecule has 0 amide bonds. The molecule has 0 aliphatic carbocycles. The number of rotatable bonds is 10. The minimum absolute atomic E-state index is 0.514. The van der Waals surface area contributed by atoms with E-state index in [1.807, 2.05) is 11.8 Å². The van der Waals surface area contributed by atoms with Crippen LogP contribution in [0.5, 0.6) is 0 Å². The van der Waals surface area contributed by atoms with Crippen molar-refractivity contribution in [3.8, 4) is 0 Å². The van der Waals surface area contributed by atoms with Gasteiger partial charge in [-0.2, -0.15) is 11.8 Å². The lowest BCUT2D eigenvalue weighted by Crippen LogP contribution is -2.46. The molecule has 0 aromatic rings. The molecule has 1 aliphatic heterocycles. The Balaban J connectivity index is 2.54. The molecule has 1 aliphatic rings. The Morgan fingerprint density at radius 2 is 2.00 bits per heavy atom. The van der Waals surface area contributed by atoms with Gasteiger partial charge < -0.3 is 15.4 Å². The van der Waals surface area contributed by atoms with Crippen molar-refractivity contribution in [2.75, 3.05) is 57.9 Å². The summed E-state index contributed by atoms with van der Waals surface area (Å²) in [6, 6.07) is 0.514. The van der Waals surface area contributed by atoms with Crippen molar-refractivity contribution in [3.05, 3.63) is 0 Å². The molecule has 5 nitrogen and oxygen atoms in total. The van der Waals surface area contributed by atoms with Gasteiger partial charge in [0.25, 0.3) is 0 Å². The molecule has 0 aromatic heterocycles. The zero-order valence-corrected chi connectivity index (χ0v) is 16.3. The zero-order chi connectivity index (χ0) is 16.9. The molecule has 1 heterocycles. The number of nitrogens with zero attached hydrogens (tertiary/aromatic N) is 2. The van der Waals surface area contributed by atoms with Gasteiger partial charge in [0, 0.05) is 32.2 Å². The lowest BCUT2D eigenvalue weighted by atomic mass is 10.0. The van der Waals surface area contributed by atoms with Crippen LogP contribution in [0.4, 0.5) is 0 Å². The van der Waals surface area contributed by atoms with Crippen molar-refractivity contribution in [3.63, 3.8) is 0 Å². The maximum absolute atomic E-state index is 5.49. The third-order valence-electron chi connectivity index (χ3n) is 3.93. The van der Waals surface area contributed by atoms with Crippen LogP contribution in [0.25, 0.3) is 0 Å². The SMILES string of the molecule is CCNC(=NCC(CC(C)C)N1CCOCC1)NCCCSC. The van der Waals surface area contributed by atoms with Gasteiger partial charge in [-0.15, -0.1) is 0 Å². The first kappa shape index (κ1) is 20.6. The van der Waals surface area contributed by atoms with Gasteiger partial charge in [0.05, 0.1) is 19.8 Å². The van der Waals surface area contributed by atoms with Gasteiger partial charge in [-0.1, -0.05) is 13.8 Å². The third-order valence-corrected chi connectivity index (χ3v) is 4.62. The fourth-order valence-electron chi connectivity index (χ4n) is 2.79. The van der Waals surface area contributed by atoms with E-state index in [1.54, 1.807) is 0 Å². The monoisotopic (exact) mass is 344 g/mol. The summed E-state index contributed by atoms with van der Waals surface area (Å²) in [6.07, 6.45) is 4.51. The molecular weight excluding hydrogens is 308 g/mol. The van der Waals surface area contributed by atoms with Crippen LogP contribution in [0.15, 0.2) is 4.99 Å². The number of hydrogen-bond acceptors (Lipinski definition) is 4. The molecule has 0 radical (unpaired) electrons. The molecule has 1 unspecified atom stereocenters. The summed E-state index contributed by atoms with van der Waals surface area (Å²) in [5, 5.41) is 6.81. The summed E-state index contributed by atoms with van der Waals surface area (Å²) in [4.78, 5) is 7.39. The Labute approximate surface area is 147 Å². The standard InChI is InChI=1S/C17H36N4OS/c1-5-18-17(19-7-6-12-23-4)20-14-16(13-15(2)3)21-8-10-22-11-9-21/h15-16H,5-14H2,1-4H3,(H2,18,19,20). The van der Waals surface area contributed by atoms with Gasteiger partial charge in [-0.05, 0) is 37.7 Å². The average molecular weight is 345 g/mol. The fraction of sp³-hybridized carbons (Fsp3) is 0.941. The minimum Gasteiger partial charge on any atom is -0.379 e. The van der Waals surface area contributed by atoms with E-state index in [-0.39, 0.29) is 0 Å². The first-order valence-corrected chi connectivity index (χ1v) is 10.4. The first-order chi connectivity index (χ1) is 11.2. The molecule has 23 heavy (non-hydrogen) atoms. The van der Waals surface area contributed by atoms with E-state index < -0.39 is 0 Å². The van der Waals surface area contributed by atoms with Crippen LogP contribution in [0.2, 0.25) is 0 Å². The highest BCUT2D eigenvalue weighted by molar-refractivity contribution is 7.98. The van der Waals surface area contributed by atoms with Gasteiger partial charge in [0.15, 0.2) is 5.96 Å². The summed E-state index contributed by atoms with van der Waals surface area (Å²) in [6.45, 7) is 13.2. The fourth-order valence-corrected chi connectivity index (χ4v) is 3.22. The zero-order valence-electron chi connectivity index (χ0n) is 15.4. The minimum atomic E-state index is 0.514. The molecule has 2 N–H and O–H groups in total. The predicted molar refractivity (Wildman–Crippen MR) is 103 cm³/mol. The Morgan fingerprint density at radius 3 is 2.61 bits per heavy atom. The first-order valence-electron chi connectivity index (χ1n) is 9.00. The van der Waals surface area contributed by atoms with Crippen molar-refractivity contribution in [1.29, 1.82) is 0 Å². The van der Waals surface area contributed by atoms with Gasteiger partial charge in [0.2, 0.25) is 0 Å². The molecule has 0 aromatic carbocycles. The van der Waals surface area contributed by atoms with E-state index >= 15 is 0 Å². The van der Waals surface area contributed by atoms with E-state index in [0.717, 1.165) is 51.9 Å². The topological polar surface area (TPSA) is 48.9 Å². The maximum atomic E-state index is 5.49. The van der Waals surface area contributed by atoms with Crippen LogP contribution >= 0.6 is 11.8 Å². The van der Waals surface area contributed by atoms with E-state index in [0.29, 0.717) is 12.0 Å². The second-order valence-corrected chi connectivity index (χ2v) is 7.41. The molecular formula is C17H36N4OS. The van der Waals surface area contributed by atoms with Crippen molar-refractivity contribution in [2.45, 2.75) is 39.7 Å². The second-order valence-electron chi connectivity index (χ2n) is 6.42. The molecule has 1 fully saturated rings. The van der Waals surface area contributed by atoms with E-state index in [2.05, 4.69) is 42.6 Å². The Morgan fingerprint density at radius 1 is 1.26 bits per heavy atom. The molecule has 1 rings (SSSR count). The highest BCUT2D eigenvalue weighted by Crippen LogP contribution is 2.14. The second kappa shape index (κ2) is 12.9. The van der Waals surface area contributed by atoms with Crippen LogP contribution in [0, 0.1) is 5.92 Å². The van der Waals surface area contributed by atoms with Gasteiger partial charge in [0.1, 0.15) is 0 Å². The van der Waals surface area contributed by atoms with Crippen LogP contribution in [0.3, 0.4) is 0 Å². The van der Waals surface area contributed by atoms with E-state index in [1.165, 1.54) is 18.6 Å². The number of guanidine groups is 1. The lowest BCUT2D eigenvalue weighted by Gasteiger charge is -2.34.